The summed E-state index contributed by atoms with van der Waals surface area (Å²) >= 11 is 12.1. The molecule has 0 aliphatic rings. The van der Waals surface area contributed by atoms with Crippen LogP contribution in [0.15, 0.2) is 18.2 Å². The van der Waals surface area contributed by atoms with Crippen molar-refractivity contribution in [3.8, 4) is 0 Å². The predicted molar refractivity (Wildman–Crippen MR) is 63.8 cm³/mol. The van der Waals surface area contributed by atoms with Gasteiger partial charge in [-0.2, -0.15) is 0 Å². The first-order valence-corrected chi connectivity index (χ1v) is 5.56. The van der Waals surface area contributed by atoms with E-state index >= 15 is 0 Å². The smallest absolute Gasteiger partial charge is 0.147 e. The molecule has 5 heteroatoms. The molecule has 1 aromatic carbocycles. The number of hydrogen-bond acceptors (Lipinski definition) is 3. The van der Waals surface area contributed by atoms with Gasteiger partial charge in [-0.05, 0) is 19.1 Å². The van der Waals surface area contributed by atoms with Crippen LogP contribution < -0.4 is 0 Å². The Morgan fingerprint density at radius 3 is 2.31 bits per heavy atom. The molecule has 1 N–H and O–H groups in total. The first-order valence-electron chi connectivity index (χ1n) is 4.80. The first kappa shape index (κ1) is 13.7. The molecule has 0 aromatic heterocycles. The monoisotopic (exact) mass is 264 g/mol. The van der Waals surface area contributed by atoms with Crippen molar-refractivity contribution in [1.82, 2.24) is 0 Å². The highest BCUT2D eigenvalue weighted by atomic mass is 35.5. The van der Waals surface area contributed by atoms with Gasteiger partial charge in [0.05, 0.1) is 6.10 Å². The summed E-state index contributed by atoms with van der Waals surface area (Å²) in [6.07, 6.45) is -1.33. The zero-order valence-corrected chi connectivity index (χ0v) is 10.6. The van der Waals surface area contributed by atoms with Gasteiger partial charge in [-0.25, -0.2) is 0 Å². The summed E-state index contributed by atoms with van der Waals surface area (Å²) < 4.78 is 10.2. The normalized spacial score (nSPS) is 14.8. The van der Waals surface area contributed by atoms with Gasteiger partial charge in [-0.15, -0.1) is 0 Å². The van der Waals surface area contributed by atoms with Crippen LogP contribution in [0, 0.1) is 0 Å². The molecule has 3 nitrogen and oxygen atoms in total. The van der Waals surface area contributed by atoms with Crippen LogP contribution in [0.25, 0.3) is 0 Å². The van der Waals surface area contributed by atoms with Gasteiger partial charge in [0.25, 0.3) is 0 Å². The molecular formula is C11H14Cl2O3. The van der Waals surface area contributed by atoms with E-state index in [1.54, 1.807) is 25.1 Å². The van der Waals surface area contributed by atoms with Gasteiger partial charge >= 0.3 is 0 Å². The van der Waals surface area contributed by atoms with Crippen molar-refractivity contribution in [3.63, 3.8) is 0 Å². The SMILES string of the molecule is COCOC(c1c(Cl)cccc1Cl)C(C)O. The summed E-state index contributed by atoms with van der Waals surface area (Å²) in [5.74, 6) is 0. The van der Waals surface area contributed by atoms with Gasteiger partial charge in [0.1, 0.15) is 12.9 Å². The molecule has 0 saturated carbocycles. The van der Waals surface area contributed by atoms with Gasteiger partial charge in [-0.3, -0.25) is 0 Å². The van der Waals surface area contributed by atoms with Crippen molar-refractivity contribution in [2.75, 3.05) is 13.9 Å². The molecule has 0 spiro atoms. The van der Waals surface area contributed by atoms with Crippen molar-refractivity contribution in [1.29, 1.82) is 0 Å². The number of hydrogen-bond donors (Lipinski definition) is 1. The summed E-state index contributed by atoms with van der Waals surface area (Å²) in [4.78, 5) is 0. The molecule has 0 bridgehead atoms. The molecule has 0 amide bonds. The van der Waals surface area contributed by atoms with Crippen molar-refractivity contribution >= 4 is 23.2 Å². The third-order valence-corrected chi connectivity index (χ3v) is 2.75. The molecule has 1 aromatic rings. The van der Waals surface area contributed by atoms with Crippen LogP contribution in [-0.2, 0) is 9.47 Å². The van der Waals surface area contributed by atoms with E-state index in [0.29, 0.717) is 15.6 Å². The predicted octanol–water partition coefficient (Wildman–Crippen LogP) is 3.04. The highest BCUT2D eigenvalue weighted by Gasteiger charge is 2.23. The number of benzene rings is 1. The molecule has 0 radical (unpaired) electrons. The summed E-state index contributed by atoms with van der Waals surface area (Å²) in [6, 6.07) is 5.15. The minimum Gasteiger partial charge on any atom is -0.390 e. The third kappa shape index (κ3) is 3.34. The number of halogens is 2. The summed E-state index contributed by atoms with van der Waals surface area (Å²) in [7, 11) is 1.51. The molecule has 0 aliphatic heterocycles. The van der Waals surface area contributed by atoms with Crippen molar-refractivity contribution in [2.45, 2.75) is 19.1 Å². The molecule has 1 rings (SSSR count). The molecular weight excluding hydrogens is 251 g/mol. The average molecular weight is 265 g/mol. The second-order valence-corrected chi connectivity index (χ2v) is 4.18. The van der Waals surface area contributed by atoms with Crippen molar-refractivity contribution in [2.24, 2.45) is 0 Å². The maximum atomic E-state index is 9.64. The number of methoxy groups -OCH3 is 1. The number of aliphatic hydroxyl groups excluding tert-OH is 1. The van der Waals surface area contributed by atoms with Crippen molar-refractivity contribution in [3.05, 3.63) is 33.8 Å². The minimum atomic E-state index is -0.729. The Morgan fingerprint density at radius 1 is 1.31 bits per heavy atom. The van der Waals surface area contributed by atoms with Crippen LogP contribution >= 0.6 is 23.2 Å². The third-order valence-electron chi connectivity index (χ3n) is 2.09. The average Bonchev–Trinajstić information content (AvgIpc) is 2.21. The number of aliphatic hydroxyl groups is 1. The summed E-state index contributed by atoms with van der Waals surface area (Å²) in [6.45, 7) is 1.68. The minimum absolute atomic E-state index is 0.0666. The van der Waals surface area contributed by atoms with Crippen LogP contribution in [0.3, 0.4) is 0 Å². The van der Waals surface area contributed by atoms with Crippen LogP contribution in [0.4, 0.5) is 0 Å². The van der Waals surface area contributed by atoms with Gasteiger partial charge in [0.2, 0.25) is 0 Å². The van der Waals surface area contributed by atoms with E-state index in [9.17, 15) is 5.11 Å². The highest BCUT2D eigenvalue weighted by Crippen LogP contribution is 2.34. The first-order chi connectivity index (χ1) is 7.57. The largest absolute Gasteiger partial charge is 0.390 e. The van der Waals surface area contributed by atoms with E-state index in [2.05, 4.69) is 0 Å². The Morgan fingerprint density at radius 2 is 1.88 bits per heavy atom. The lowest BCUT2D eigenvalue weighted by atomic mass is 10.1. The quantitative estimate of drug-likeness (QED) is 0.831. The fourth-order valence-corrected chi connectivity index (χ4v) is 2.00. The fourth-order valence-electron chi connectivity index (χ4n) is 1.39. The lowest BCUT2D eigenvalue weighted by molar-refractivity contribution is -0.110. The summed E-state index contributed by atoms with van der Waals surface area (Å²) in [5.41, 5.74) is 0.581. The maximum Gasteiger partial charge on any atom is 0.147 e. The Balaban J connectivity index is 3.00. The summed E-state index contributed by atoms with van der Waals surface area (Å²) in [5, 5.41) is 10.6. The van der Waals surface area contributed by atoms with Gasteiger partial charge in [0.15, 0.2) is 0 Å². The molecule has 0 fully saturated rings. The van der Waals surface area contributed by atoms with E-state index < -0.39 is 12.2 Å². The van der Waals surface area contributed by atoms with E-state index in [1.165, 1.54) is 7.11 Å². The van der Waals surface area contributed by atoms with E-state index in [-0.39, 0.29) is 6.79 Å². The number of ether oxygens (including phenoxy) is 2. The molecule has 2 unspecified atom stereocenters. The molecule has 2 atom stereocenters. The molecule has 0 saturated heterocycles. The van der Waals surface area contributed by atoms with Gasteiger partial charge in [-0.1, -0.05) is 29.3 Å². The lowest BCUT2D eigenvalue weighted by Gasteiger charge is -2.22. The zero-order valence-electron chi connectivity index (χ0n) is 9.11. The van der Waals surface area contributed by atoms with Crippen LogP contribution in [0.1, 0.15) is 18.6 Å². The second kappa shape index (κ2) is 6.42. The Bertz CT molecular complexity index is 322. The maximum absolute atomic E-state index is 9.64. The zero-order chi connectivity index (χ0) is 12.1. The molecule has 0 aliphatic carbocycles. The number of rotatable bonds is 5. The van der Waals surface area contributed by atoms with Gasteiger partial charge in [0, 0.05) is 22.7 Å². The Kier molecular flexibility index (Phi) is 5.52. The lowest BCUT2D eigenvalue weighted by Crippen LogP contribution is -2.20. The Hall–Kier alpha value is -0.320. The Labute approximate surface area is 105 Å². The molecule has 0 heterocycles. The van der Waals surface area contributed by atoms with Crippen LogP contribution in [-0.4, -0.2) is 25.1 Å². The van der Waals surface area contributed by atoms with E-state index in [0.717, 1.165) is 0 Å². The van der Waals surface area contributed by atoms with Crippen LogP contribution in [0.5, 0.6) is 0 Å². The highest BCUT2D eigenvalue weighted by molar-refractivity contribution is 6.36. The topological polar surface area (TPSA) is 38.7 Å². The van der Waals surface area contributed by atoms with Gasteiger partial charge < -0.3 is 14.6 Å². The fraction of sp³-hybridized carbons (Fsp3) is 0.455. The van der Waals surface area contributed by atoms with E-state index in [4.69, 9.17) is 32.7 Å². The molecule has 90 valence electrons. The van der Waals surface area contributed by atoms with Crippen LogP contribution in [0.2, 0.25) is 10.0 Å². The van der Waals surface area contributed by atoms with Crippen molar-refractivity contribution < 1.29 is 14.6 Å². The standard InChI is InChI=1S/C11H14Cl2O3/c1-7(14)11(16-6-15-2)10-8(12)4-3-5-9(10)13/h3-5,7,11,14H,6H2,1-2H3. The van der Waals surface area contributed by atoms with E-state index in [1.807, 2.05) is 0 Å². The second-order valence-electron chi connectivity index (χ2n) is 3.37. The molecule has 16 heavy (non-hydrogen) atoms.